The van der Waals surface area contributed by atoms with Crippen LogP contribution in [0.3, 0.4) is 0 Å². The number of nitrogens with zero attached hydrogens (tertiary/aromatic N) is 2. The number of amides is 1. The molecule has 2 fully saturated rings. The summed E-state index contributed by atoms with van der Waals surface area (Å²) in [5, 5.41) is 0. The second-order valence-electron chi connectivity index (χ2n) is 6.38. The Bertz CT molecular complexity index is 476. The van der Waals surface area contributed by atoms with Crippen LogP contribution >= 0.6 is 0 Å². The van der Waals surface area contributed by atoms with Gasteiger partial charge in [0.1, 0.15) is 0 Å². The Morgan fingerprint density at radius 2 is 1.86 bits per heavy atom. The molecule has 1 aliphatic carbocycles. The van der Waals surface area contributed by atoms with E-state index >= 15 is 0 Å². The molecule has 1 aliphatic heterocycles. The van der Waals surface area contributed by atoms with Gasteiger partial charge in [-0.15, -0.1) is 0 Å². The minimum Gasteiger partial charge on any atom is -0.335 e. The molecule has 21 heavy (non-hydrogen) atoms. The zero-order chi connectivity index (χ0) is 14.7. The number of pyridine rings is 1. The van der Waals surface area contributed by atoms with Crippen LogP contribution in [0.2, 0.25) is 0 Å². The number of carbonyl (C=O) groups is 1. The lowest BCUT2D eigenvalue weighted by Gasteiger charge is -2.31. The first kappa shape index (κ1) is 14.5. The van der Waals surface area contributed by atoms with Crippen LogP contribution in [0.25, 0.3) is 0 Å². The van der Waals surface area contributed by atoms with Crippen LogP contribution in [0.5, 0.6) is 0 Å². The summed E-state index contributed by atoms with van der Waals surface area (Å²) in [4.78, 5) is 19.1. The fourth-order valence-corrected chi connectivity index (χ4v) is 3.82. The Labute approximate surface area is 126 Å². The van der Waals surface area contributed by atoms with Crippen molar-refractivity contribution in [3.8, 4) is 0 Å². The highest BCUT2D eigenvalue weighted by molar-refractivity contribution is 5.80. The van der Waals surface area contributed by atoms with Crippen LogP contribution in [0, 0.1) is 5.92 Å². The monoisotopic (exact) mass is 287 g/mol. The molecular formula is C17H25N3O. The van der Waals surface area contributed by atoms with Crippen LogP contribution in [0.15, 0.2) is 24.5 Å². The Kier molecular flexibility index (Phi) is 4.54. The fourth-order valence-electron chi connectivity index (χ4n) is 3.82. The van der Waals surface area contributed by atoms with E-state index < -0.39 is 0 Å². The molecule has 1 amide bonds. The highest BCUT2D eigenvalue weighted by atomic mass is 16.2. The van der Waals surface area contributed by atoms with Crippen LogP contribution in [0.4, 0.5) is 0 Å². The van der Waals surface area contributed by atoms with Crippen molar-refractivity contribution in [3.05, 3.63) is 30.1 Å². The second kappa shape index (κ2) is 6.56. The molecule has 3 unspecified atom stereocenters. The molecule has 4 heteroatoms. The van der Waals surface area contributed by atoms with Gasteiger partial charge in [-0.1, -0.05) is 19.3 Å². The van der Waals surface area contributed by atoms with Gasteiger partial charge in [0.15, 0.2) is 0 Å². The quantitative estimate of drug-likeness (QED) is 0.851. The highest BCUT2D eigenvalue weighted by Gasteiger charge is 2.36. The van der Waals surface area contributed by atoms with Crippen molar-refractivity contribution in [2.75, 3.05) is 6.54 Å². The van der Waals surface area contributed by atoms with Gasteiger partial charge in [0.05, 0.1) is 12.0 Å². The van der Waals surface area contributed by atoms with Gasteiger partial charge in [0.25, 0.3) is 0 Å². The van der Waals surface area contributed by atoms with E-state index in [1.807, 2.05) is 24.5 Å². The largest absolute Gasteiger partial charge is 0.335 e. The summed E-state index contributed by atoms with van der Waals surface area (Å²) < 4.78 is 0. The van der Waals surface area contributed by atoms with E-state index in [4.69, 9.17) is 5.73 Å². The first-order valence-corrected chi connectivity index (χ1v) is 8.23. The average molecular weight is 287 g/mol. The van der Waals surface area contributed by atoms with Gasteiger partial charge < -0.3 is 10.6 Å². The first-order valence-electron chi connectivity index (χ1n) is 8.23. The topological polar surface area (TPSA) is 59.2 Å². The third kappa shape index (κ3) is 3.10. The third-order valence-electron chi connectivity index (χ3n) is 5.01. The Hall–Kier alpha value is -1.42. The molecule has 4 nitrogen and oxygen atoms in total. The second-order valence-corrected chi connectivity index (χ2v) is 6.38. The smallest absolute Gasteiger partial charge is 0.227 e. The maximum absolute atomic E-state index is 13.0. The number of carbonyl (C=O) groups excluding carboxylic acids is 1. The standard InChI is InChI=1S/C17H25N3O/c18-15-6-3-1-2-5-14(15)17(21)20-12-4-7-16(20)13-8-10-19-11-9-13/h8-11,14-16H,1-7,12,18H2. The lowest BCUT2D eigenvalue weighted by atomic mass is 9.93. The summed E-state index contributed by atoms with van der Waals surface area (Å²) in [6, 6.07) is 4.32. The number of hydrogen-bond acceptors (Lipinski definition) is 3. The summed E-state index contributed by atoms with van der Waals surface area (Å²) in [5.74, 6) is 0.304. The molecule has 1 saturated carbocycles. The fraction of sp³-hybridized carbons (Fsp3) is 0.647. The van der Waals surface area contributed by atoms with Crippen molar-refractivity contribution in [1.29, 1.82) is 0 Å². The van der Waals surface area contributed by atoms with Crippen molar-refractivity contribution in [2.45, 2.75) is 57.0 Å². The summed E-state index contributed by atoms with van der Waals surface area (Å²) >= 11 is 0. The molecule has 3 atom stereocenters. The normalized spacial score (nSPS) is 30.1. The highest BCUT2D eigenvalue weighted by Crippen LogP contribution is 2.35. The Morgan fingerprint density at radius 1 is 1.10 bits per heavy atom. The van der Waals surface area contributed by atoms with Gasteiger partial charge in [0, 0.05) is 25.0 Å². The molecule has 114 valence electrons. The van der Waals surface area contributed by atoms with Gasteiger partial charge in [0.2, 0.25) is 5.91 Å². The lowest BCUT2D eigenvalue weighted by molar-refractivity contribution is -0.137. The van der Waals surface area contributed by atoms with Gasteiger partial charge in [-0.05, 0) is 43.4 Å². The zero-order valence-electron chi connectivity index (χ0n) is 12.6. The molecule has 2 N–H and O–H groups in total. The number of rotatable bonds is 2. The van der Waals surface area contributed by atoms with Gasteiger partial charge >= 0.3 is 0 Å². The first-order chi connectivity index (χ1) is 10.3. The van der Waals surface area contributed by atoms with Crippen LogP contribution in [-0.4, -0.2) is 28.4 Å². The Balaban J connectivity index is 1.76. The van der Waals surface area contributed by atoms with Crippen LogP contribution in [-0.2, 0) is 4.79 Å². The SMILES string of the molecule is NC1CCCCCC1C(=O)N1CCCC1c1ccncc1. The molecule has 3 rings (SSSR count). The van der Waals surface area contributed by atoms with Crippen molar-refractivity contribution < 1.29 is 4.79 Å². The molecule has 2 heterocycles. The van der Waals surface area contributed by atoms with Gasteiger partial charge in [-0.25, -0.2) is 0 Å². The molecule has 2 aliphatic rings. The van der Waals surface area contributed by atoms with E-state index in [2.05, 4.69) is 9.88 Å². The molecular weight excluding hydrogens is 262 g/mol. The average Bonchev–Trinajstić information content (AvgIpc) is 2.91. The van der Waals surface area contributed by atoms with E-state index in [-0.39, 0.29) is 23.9 Å². The lowest BCUT2D eigenvalue weighted by Crippen LogP contribution is -2.43. The predicted octanol–water partition coefficient (Wildman–Crippen LogP) is 2.65. The Morgan fingerprint density at radius 3 is 2.67 bits per heavy atom. The minimum absolute atomic E-state index is 0.0231. The van der Waals surface area contributed by atoms with Crippen LogP contribution in [0.1, 0.15) is 56.6 Å². The summed E-state index contributed by atoms with van der Waals surface area (Å²) in [5.41, 5.74) is 7.48. The van der Waals surface area contributed by atoms with E-state index in [9.17, 15) is 4.79 Å². The van der Waals surface area contributed by atoms with Crippen molar-refractivity contribution in [2.24, 2.45) is 11.7 Å². The zero-order valence-corrected chi connectivity index (χ0v) is 12.6. The van der Waals surface area contributed by atoms with E-state index in [1.165, 1.54) is 18.4 Å². The molecule has 0 spiro atoms. The molecule has 1 aromatic rings. The van der Waals surface area contributed by atoms with Gasteiger partial charge in [-0.2, -0.15) is 0 Å². The predicted molar refractivity (Wildman–Crippen MR) is 82.5 cm³/mol. The van der Waals surface area contributed by atoms with Crippen molar-refractivity contribution in [3.63, 3.8) is 0 Å². The van der Waals surface area contributed by atoms with E-state index in [0.29, 0.717) is 0 Å². The number of nitrogens with two attached hydrogens (primary N) is 1. The van der Waals surface area contributed by atoms with Crippen molar-refractivity contribution >= 4 is 5.91 Å². The van der Waals surface area contributed by atoms with Crippen LogP contribution < -0.4 is 5.73 Å². The number of aromatic nitrogens is 1. The van der Waals surface area contributed by atoms with E-state index in [0.717, 1.165) is 38.6 Å². The van der Waals surface area contributed by atoms with E-state index in [1.54, 1.807) is 0 Å². The molecule has 0 radical (unpaired) electrons. The molecule has 0 aromatic carbocycles. The van der Waals surface area contributed by atoms with Gasteiger partial charge in [-0.3, -0.25) is 9.78 Å². The number of hydrogen-bond donors (Lipinski definition) is 1. The number of likely N-dealkylation sites (tertiary alicyclic amines) is 1. The molecule has 1 aromatic heterocycles. The summed E-state index contributed by atoms with van der Waals surface area (Å²) in [6.45, 7) is 0.870. The summed E-state index contributed by atoms with van der Waals surface area (Å²) in [7, 11) is 0. The molecule has 1 saturated heterocycles. The third-order valence-corrected chi connectivity index (χ3v) is 5.01. The maximum Gasteiger partial charge on any atom is 0.227 e. The minimum atomic E-state index is 0.0231. The summed E-state index contributed by atoms with van der Waals surface area (Å²) in [6.07, 6.45) is 11.2. The van der Waals surface area contributed by atoms with Crippen molar-refractivity contribution in [1.82, 2.24) is 9.88 Å². The maximum atomic E-state index is 13.0. The molecule has 0 bridgehead atoms.